The molecule has 0 saturated carbocycles. The topological polar surface area (TPSA) is 84.9 Å². The Hall–Kier alpha value is -4.11. The summed E-state index contributed by atoms with van der Waals surface area (Å²) >= 11 is 0.762. The van der Waals surface area contributed by atoms with Crippen molar-refractivity contribution in [2.75, 3.05) is 18.5 Å². The van der Waals surface area contributed by atoms with Crippen molar-refractivity contribution in [3.63, 3.8) is 0 Å². The molecule has 1 N–H and O–H groups in total. The summed E-state index contributed by atoms with van der Waals surface area (Å²) in [4.78, 5) is 38.8. The number of benzene rings is 3. The number of carbonyl (C=O) groups is 3. The van der Waals surface area contributed by atoms with Gasteiger partial charge in [-0.1, -0.05) is 30.3 Å². The van der Waals surface area contributed by atoms with E-state index >= 15 is 0 Å². The molecule has 36 heavy (non-hydrogen) atoms. The van der Waals surface area contributed by atoms with Crippen molar-refractivity contribution in [1.29, 1.82) is 0 Å². The molecule has 1 aliphatic heterocycles. The Balaban J connectivity index is 1.37. The number of amides is 3. The number of nitrogens with one attached hydrogen (secondary N) is 1. The third-order valence-electron chi connectivity index (χ3n) is 5.13. The van der Waals surface area contributed by atoms with Crippen molar-refractivity contribution in [1.82, 2.24) is 4.90 Å². The fourth-order valence-corrected chi connectivity index (χ4v) is 4.24. The zero-order valence-corrected chi connectivity index (χ0v) is 20.2. The Bertz CT molecular complexity index is 1310. The van der Waals surface area contributed by atoms with Crippen LogP contribution < -0.4 is 14.8 Å². The van der Waals surface area contributed by atoms with E-state index in [4.69, 9.17) is 9.47 Å². The molecule has 0 aromatic heterocycles. The first kappa shape index (κ1) is 25.0. The lowest BCUT2D eigenvalue weighted by Crippen LogP contribution is -2.36. The zero-order chi connectivity index (χ0) is 25.5. The van der Waals surface area contributed by atoms with Gasteiger partial charge < -0.3 is 14.8 Å². The van der Waals surface area contributed by atoms with Gasteiger partial charge in [0.05, 0.1) is 11.5 Å². The lowest BCUT2D eigenvalue weighted by atomic mass is 10.2. The van der Waals surface area contributed by atoms with Crippen LogP contribution in [0.5, 0.6) is 11.5 Å². The summed E-state index contributed by atoms with van der Waals surface area (Å²) in [5.74, 6) is -0.237. The maximum atomic E-state index is 13.8. The molecule has 0 aliphatic carbocycles. The van der Waals surface area contributed by atoms with E-state index < -0.39 is 23.6 Å². The van der Waals surface area contributed by atoms with Crippen molar-refractivity contribution in [2.24, 2.45) is 0 Å². The number of hydrogen-bond donors (Lipinski definition) is 1. The van der Waals surface area contributed by atoms with Crippen LogP contribution in [0.1, 0.15) is 18.1 Å². The molecule has 1 fully saturated rings. The lowest BCUT2D eigenvalue weighted by Gasteiger charge is -2.12. The normalized spacial score (nSPS) is 14.3. The molecule has 184 valence electrons. The number of rotatable bonds is 9. The fraction of sp³-hybridized carbons (Fsp3) is 0.148. The van der Waals surface area contributed by atoms with Gasteiger partial charge >= 0.3 is 0 Å². The van der Waals surface area contributed by atoms with Crippen LogP contribution in [0.15, 0.2) is 77.7 Å². The summed E-state index contributed by atoms with van der Waals surface area (Å²) in [6, 6.07) is 20.0. The van der Waals surface area contributed by atoms with Crippen LogP contribution in [-0.2, 0) is 16.2 Å². The van der Waals surface area contributed by atoms with Gasteiger partial charge in [-0.05, 0) is 72.8 Å². The van der Waals surface area contributed by atoms with Crippen LogP contribution in [0, 0.1) is 5.82 Å². The van der Waals surface area contributed by atoms with E-state index in [2.05, 4.69) is 5.32 Å². The monoisotopic (exact) mass is 506 g/mol. The van der Waals surface area contributed by atoms with Gasteiger partial charge in [0, 0.05) is 11.3 Å². The highest BCUT2D eigenvalue weighted by Crippen LogP contribution is 2.32. The van der Waals surface area contributed by atoms with E-state index in [9.17, 15) is 18.8 Å². The Morgan fingerprint density at radius 2 is 1.78 bits per heavy atom. The molecule has 3 amide bonds. The van der Waals surface area contributed by atoms with Crippen LogP contribution in [0.2, 0.25) is 0 Å². The van der Waals surface area contributed by atoms with Gasteiger partial charge in [0.25, 0.3) is 11.1 Å². The van der Waals surface area contributed by atoms with Crippen LogP contribution in [-0.4, -0.2) is 35.1 Å². The highest BCUT2D eigenvalue weighted by atomic mass is 32.2. The first-order valence-corrected chi connectivity index (χ1v) is 12.0. The molecule has 0 unspecified atom stereocenters. The standard InChI is InChI=1S/C27H23FN2O5S/c1-2-34-21-12-10-20(11-13-21)29-25(31)16-30-26(32)24(36-27(30)33)15-18-6-5-8-22(14-18)35-17-19-7-3-4-9-23(19)28/h3-15H,2,16-17H2,1H3,(H,29,31)/b24-15+. The Morgan fingerprint density at radius 3 is 2.53 bits per heavy atom. The lowest BCUT2D eigenvalue weighted by molar-refractivity contribution is -0.127. The summed E-state index contributed by atoms with van der Waals surface area (Å²) < 4.78 is 24.9. The number of halogens is 1. The molecule has 3 aromatic carbocycles. The average molecular weight is 507 g/mol. The van der Waals surface area contributed by atoms with E-state index in [-0.39, 0.29) is 17.3 Å². The van der Waals surface area contributed by atoms with Crippen molar-refractivity contribution >= 4 is 40.6 Å². The third kappa shape index (κ3) is 6.31. The molecule has 0 atom stereocenters. The predicted octanol–water partition coefficient (Wildman–Crippen LogP) is 5.48. The summed E-state index contributed by atoms with van der Waals surface area (Å²) in [6.07, 6.45) is 1.56. The van der Waals surface area contributed by atoms with Gasteiger partial charge in [0.1, 0.15) is 30.5 Å². The van der Waals surface area contributed by atoms with Gasteiger partial charge in [0.2, 0.25) is 5.91 Å². The third-order valence-corrected chi connectivity index (χ3v) is 6.04. The van der Waals surface area contributed by atoms with Crippen LogP contribution in [0.25, 0.3) is 6.08 Å². The number of hydrogen-bond acceptors (Lipinski definition) is 6. The fourth-order valence-electron chi connectivity index (χ4n) is 3.40. The van der Waals surface area contributed by atoms with Crippen molar-refractivity contribution in [2.45, 2.75) is 13.5 Å². The zero-order valence-electron chi connectivity index (χ0n) is 19.4. The molecule has 0 radical (unpaired) electrons. The van der Waals surface area contributed by atoms with Crippen LogP contribution in [0.4, 0.5) is 14.9 Å². The maximum Gasteiger partial charge on any atom is 0.294 e. The minimum absolute atomic E-state index is 0.0517. The number of carbonyl (C=O) groups excluding carboxylic acids is 3. The SMILES string of the molecule is CCOc1ccc(NC(=O)CN2C(=O)S/C(=C/c3cccc(OCc4ccccc4F)c3)C2=O)cc1. The van der Waals surface area contributed by atoms with Gasteiger partial charge in [-0.3, -0.25) is 19.3 Å². The minimum atomic E-state index is -0.551. The number of thioether (sulfide) groups is 1. The van der Waals surface area contributed by atoms with E-state index in [1.807, 2.05) is 6.92 Å². The highest BCUT2D eigenvalue weighted by Gasteiger charge is 2.36. The predicted molar refractivity (Wildman–Crippen MR) is 136 cm³/mol. The molecule has 1 heterocycles. The van der Waals surface area contributed by atoms with E-state index in [0.29, 0.717) is 34.9 Å². The smallest absolute Gasteiger partial charge is 0.294 e. The summed E-state index contributed by atoms with van der Waals surface area (Å²) in [5, 5.41) is 2.14. The number of ether oxygens (including phenoxy) is 2. The van der Waals surface area contributed by atoms with E-state index in [1.54, 1.807) is 72.8 Å². The summed E-state index contributed by atoms with van der Waals surface area (Å²) in [5.41, 5.74) is 1.58. The maximum absolute atomic E-state index is 13.8. The Kier molecular flexibility index (Phi) is 8.02. The van der Waals surface area contributed by atoms with E-state index in [0.717, 1.165) is 16.7 Å². The van der Waals surface area contributed by atoms with Crippen LogP contribution in [0.3, 0.4) is 0 Å². The minimum Gasteiger partial charge on any atom is -0.494 e. The molecule has 7 nitrogen and oxygen atoms in total. The van der Waals surface area contributed by atoms with Gasteiger partial charge in [-0.2, -0.15) is 0 Å². The molecule has 1 aliphatic rings. The molecule has 0 bridgehead atoms. The molecular weight excluding hydrogens is 483 g/mol. The molecule has 4 rings (SSSR count). The first-order valence-electron chi connectivity index (χ1n) is 11.2. The van der Waals surface area contributed by atoms with Gasteiger partial charge in [-0.25, -0.2) is 4.39 Å². The number of anilines is 1. The van der Waals surface area contributed by atoms with Crippen molar-refractivity contribution in [3.8, 4) is 11.5 Å². The number of imide groups is 1. The second-order valence-corrected chi connectivity index (χ2v) is 8.72. The summed E-state index contributed by atoms with van der Waals surface area (Å²) in [6.45, 7) is 2.06. The Morgan fingerprint density at radius 1 is 1.00 bits per heavy atom. The van der Waals surface area contributed by atoms with Crippen LogP contribution >= 0.6 is 11.8 Å². The van der Waals surface area contributed by atoms with Gasteiger partial charge in [0.15, 0.2) is 0 Å². The van der Waals surface area contributed by atoms with Crippen molar-refractivity contribution in [3.05, 3.63) is 94.6 Å². The molecule has 9 heteroatoms. The molecule has 1 saturated heterocycles. The Labute approximate surface area is 211 Å². The van der Waals surface area contributed by atoms with Gasteiger partial charge in [-0.15, -0.1) is 0 Å². The van der Waals surface area contributed by atoms with Crippen molar-refractivity contribution < 1.29 is 28.2 Å². The number of nitrogens with zero attached hydrogens (tertiary/aromatic N) is 1. The second-order valence-electron chi connectivity index (χ2n) is 7.73. The second kappa shape index (κ2) is 11.5. The highest BCUT2D eigenvalue weighted by molar-refractivity contribution is 8.18. The first-order chi connectivity index (χ1) is 17.4. The molecule has 3 aromatic rings. The average Bonchev–Trinajstić information content (AvgIpc) is 3.12. The molecule has 0 spiro atoms. The largest absolute Gasteiger partial charge is 0.494 e. The quantitative estimate of drug-likeness (QED) is 0.387. The van der Waals surface area contributed by atoms with E-state index in [1.165, 1.54) is 6.07 Å². The summed E-state index contributed by atoms with van der Waals surface area (Å²) in [7, 11) is 0. The molecular formula is C27H23FN2O5S.